The molecule has 0 unspecified atom stereocenters. The molecule has 146 valence electrons. The van der Waals surface area contributed by atoms with Gasteiger partial charge in [0.2, 0.25) is 0 Å². The summed E-state index contributed by atoms with van der Waals surface area (Å²) in [6, 6.07) is 9.71. The molecule has 1 spiro atoms. The highest BCUT2D eigenvalue weighted by Gasteiger charge is 2.41. The molecule has 0 bridgehead atoms. The van der Waals surface area contributed by atoms with E-state index in [1.807, 2.05) is 64.2 Å². The molecule has 2 heterocycles. The van der Waals surface area contributed by atoms with Gasteiger partial charge in [0.25, 0.3) is 0 Å². The first-order valence-electron chi connectivity index (χ1n) is 9.72. The number of hydrogen-bond donors (Lipinski definition) is 1. The summed E-state index contributed by atoms with van der Waals surface area (Å²) in [4.78, 5) is 23.1. The molecule has 2 aromatic rings. The highest BCUT2D eigenvalue weighted by Crippen LogP contribution is 2.42. The minimum absolute atomic E-state index is 0.195. The lowest BCUT2D eigenvalue weighted by atomic mass is 9.80. The second-order valence-electron chi connectivity index (χ2n) is 8.70. The molecule has 5 nitrogen and oxygen atoms in total. The van der Waals surface area contributed by atoms with E-state index in [0.717, 1.165) is 40.9 Å². The molecule has 1 aliphatic carbocycles. The van der Waals surface area contributed by atoms with Gasteiger partial charge < -0.3 is 4.74 Å². The lowest BCUT2D eigenvalue weighted by Crippen LogP contribution is -2.36. The Bertz CT molecular complexity index is 935. The largest absolute Gasteiger partial charge is 0.456 e. The fourth-order valence-electron chi connectivity index (χ4n) is 3.42. The van der Waals surface area contributed by atoms with E-state index in [9.17, 15) is 4.79 Å². The molecule has 1 aromatic carbocycles. The standard InChI is InChI=1S/C23H26N2O3/c1-15-6-7-19(24-14-15)16-10-17(20-13-23(28-25-20)8-5-9-23)12-18(11-16)21(26)27-22(2,3)4/h6-7,10-14,25H,5,8-9H2,1-4H3. The molecule has 0 radical (unpaired) electrons. The van der Waals surface area contributed by atoms with Crippen molar-refractivity contribution >= 4 is 11.7 Å². The van der Waals surface area contributed by atoms with E-state index in [2.05, 4.69) is 16.5 Å². The molecule has 5 heteroatoms. The summed E-state index contributed by atoms with van der Waals surface area (Å²) in [6.45, 7) is 7.60. The molecule has 2 aliphatic rings. The molecule has 0 saturated heterocycles. The Labute approximate surface area is 165 Å². The number of aryl methyl sites for hydroxylation is 1. The van der Waals surface area contributed by atoms with Crippen LogP contribution >= 0.6 is 0 Å². The van der Waals surface area contributed by atoms with Crippen LogP contribution in [0.15, 0.2) is 42.6 Å². The van der Waals surface area contributed by atoms with E-state index in [1.54, 1.807) is 0 Å². The van der Waals surface area contributed by atoms with Gasteiger partial charge in [-0.15, -0.1) is 0 Å². The fraction of sp³-hybridized carbons (Fsp3) is 0.391. The number of hydrogen-bond acceptors (Lipinski definition) is 5. The van der Waals surface area contributed by atoms with Gasteiger partial charge in [-0.05, 0) is 82.9 Å². The molecule has 1 N–H and O–H groups in total. The number of hydroxylamine groups is 1. The van der Waals surface area contributed by atoms with Crippen molar-refractivity contribution in [2.75, 3.05) is 0 Å². The van der Waals surface area contributed by atoms with Crippen molar-refractivity contribution in [3.63, 3.8) is 0 Å². The maximum atomic E-state index is 12.7. The monoisotopic (exact) mass is 378 g/mol. The summed E-state index contributed by atoms with van der Waals surface area (Å²) in [5, 5.41) is 0. The van der Waals surface area contributed by atoms with Crippen LogP contribution in [0.3, 0.4) is 0 Å². The van der Waals surface area contributed by atoms with Crippen molar-refractivity contribution in [1.29, 1.82) is 0 Å². The second kappa shape index (κ2) is 6.74. The van der Waals surface area contributed by atoms with E-state index in [0.29, 0.717) is 5.56 Å². The molecule has 4 rings (SSSR count). The van der Waals surface area contributed by atoms with Crippen LogP contribution in [-0.4, -0.2) is 22.2 Å². The van der Waals surface area contributed by atoms with Crippen molar-refractivity contribution in [3.05, 3.63) is 59.3 Å². The van der Waals surface area contributed by atoms with Crippen LogP contribution in [0, 0.1) is 6.92 Å². The quantitative estimate of drug-likeness (QED) is 0.777. The van der Waals surface area contributed by atoms with Gasteiger partial charge in [0.1, 0.15) is 11.2 Å². The number of ether oxygens (including phenoxy) is 1. The van der Waals surface area contributed by atoms with Crippen LogP contribution in [0.1, 0.15) is 61.5 Å². The van der Waals surface area contributed by atoms with E-state index >= 15 is 0 Å². The van der Waals surface area contributed by atoms with Crippen LogP contribution in [0.2, 0.25) is 0 Å². The van der Waals surface area contributed by atoms with Gasteiger partial charge in [0.05, 0.1) is 17.0 Å². The minimum Gasteiger partial charge on any atom is -0.456 e. The average molecular weight is 378 g/mol. The summed E-state index contributed by atoms with van der Waals surface area (Å²) in [7, 11) is 0. The number of aromatic nitrogens is 1. The first-order valence-corrected chi connectivity index (χ1v) is 9.72. The van der Waals surface area contributed by atoms with E-state index in [-0.39, 0.29) is 11.6 Å². The van der Waals surface area contributed by atoms with Crippen molar-refractivity contribution in [2.24, 2.45) is 0 Å². The zero-order chi connectivity index (χ0) is 19.9. The predicted octanol–water partition coefficient (Wildman–Crippen LogP) is 4.81. The molecule has 28 heavy (non-hydrogen) atoms. The highest BCUT2D eigenvalue weighted by atomic mass is 16.7. The van der Waals surface area contributed by atoms with Crippen molar-refractivity contribution < 1.29 is 14.4 Å². The van der Waals surface area contributed by atoms with E-state index in [1.165, 1.54) is 6.42 Å². The Morgan fingerprint density at radius 2 is 1.93 bits per heavy atom. The lowest BCUT2D eigenvalue weighted by molar-refractivity contribution is -0.0821. The zero-order valence-electron chi connectivity index (χ0n) is 16.8. The minimum atomic E-state index is -0.556. The van der Waals surface area contributed by atoms with Crippen LogP contribution in [0.5, 0.6) is 0 Å². The smallest absolute Gasteiger partial charge is 0.338 e. The number of benzene rings is 1. The molecular weight excluding hydrogens is 352 g/mol. The maximum absolute atomic E-state index is 12.7. The Morgan fingerprint density at radius 3 is 2.50 bits per heavy atom. The highest BCUT2D eigenvalue weighted by molar-refractivity contribution is 5.93. The first-order chi connectivity index (χ1) is 13.2. The van der Waals surface area contributed by atoms with Gasteiger partial charge in [-0.25, -0.2) is 4.79 Å². The van der Waals surface area contributed by atoms with Gasteiger partial charge in [0, 0.05) is 17.3 Å². The summed E-state index contributed by atoms with van der Waals surface area (Å²) < 4.78 is 5.59. The van der Waals surface area contributed by atoms with Crippen LogP contribution in [-0.2, 0) is 9.57 Å². The topological polar surface area (TPSA) is 60.5 Å². The first kappa shape index (κ1) is 18.7. The third kappa shape index (κ3) is 3.80. The van der Waals surface area contributed by atoms with Gasteiger partial charge in [-0.2, -0.15) is 0 Å². The molecule has 0 amide bonds. The second-order valence-corrected chi connectivity index (χ2v) is 8.70. The third-order valence-electron chi connectivity index (χ3n) is 5.06. The van der Waals surface area contributed by atoms with Gasteiger partial charge in [0.15, 0.2) is 0 Å². The number of carbonyl (C=O) groups excluding carboxylic acids is 1. The van der Waals surface area contributed by atoms with Crippen molar-refractivity contribution in [2.45, 2.75) is 58.2 Å². The maximum Gasteiger partial charge on any atom is 0.338 e. The molecule has 0 atom stereocenters. The van der Waals surface area contributed by atoms with Crippen LogP contribution in [0.4, 0.5) is 0 Å². The Hall–Kier alpha value is -2.66. The number of rotatable bonds is 3. The predicted molar refractivity (Wildman–Crippen MR) is 108 cm³/mol. The number of pyridine rings is 1. The Kier molecular flexibility index (Phi) is 4.50. The van der Waals surface area contributed by atoms with Gasteiger partial charge >= 0.3 is 5.97 Å². The molecule has 1 saturated carbocycles. The van der Waals surface area contributed by atoms with Crippen LogP contribution < -0.4 is 5.48 Å². The average Bonchev–Trinajstić information content (AvgIpc) is 3.07. The van der Waals surface area contributed by atoms with Crippen LogP contribution in [0.25, 0.3) is 17.0 Å². The van der Waals surface area contributed by atoms with E-state index in [4.69, 9.17) is 9.57 Å². The zero-order valence-corrected chi connectivity index (χ0v) is 16.8. The summed E-state index contributed by atoms with van der Waals surface area (Å²) in [6.07, 6.45) is 7.16. The third-order valence-corrected chi connectivity index (χ3v) is 5.06. The number of carbonyl (C=O) groups is 1. The summed E-state index contributed by atoms with van der Waals surface area (Å²) >= 11 is 0. The molecule has 1 aliphatic heterocycles. The van der Waals surface area contributed by atoms with E-state index < -0.39 is 5.60 Å². The number of esters is 1. The Balaban J connectivity index is 1.76. The summed E-state index contributed by atoms with van der Waals surface area (Å²) in [5.41, 5.74) is 7.36. The fourth-order valence-corrected chi connectivity index (χ4v) is 3.42. The molecule has 1 aromatic heterocycles. The SMILES string of the molecule is Cc1ccc(-c2cc(C(=O)OC(C)(C)C)cc(C3=CC4(CCC4)ON3)c2)nc1. The van der Waals surface area contributed by atoms with Crippen molar-refractivity contribution in [3.8, 4) is 11.3 Å². The molecular formula is C23H26N2O3. The lowest BCUT2D eigenvalue weighted by Gasteiger charge is -2.33. The Morgan fingerprint density at radius 1 is 1.18 bits per heavy atom. The molecule has 1 fully saturated rings. The normalized spacial score (nSPS) is 17.6. The number of nitrogens with one attached hydrogen (secondary N) is 1. The van der Waals surface area contributed by atoms with Crippen molar-refractivity contribution in [1.82, 2.24) is 10.5 Å². The number of nitrogens with zero attached hydrogens (tertiary/aromatic N) is 1. The van der Waals surface area contributed by atoms with Gasteiger partial charge in [-0.3, -0.25) is 15.3 Å². The summed E-state index contributed by atoms with van der Waals surface area (Å²) in [5.74, 6) is -0.347. The van der Waals surface area contributed by atoms with Gasteiger partial charge in [-0.1, -0.05) is 6.07 Å².